The number of nitrogens with zero attached hydrogens (tertiary/aromatic N) is 1. The molecule has 2 saturated heterocycles. The van der Waals surface area contributed by atoms with Crippen LogP contribution >= 0.6 is 0 Å². The van der Waals surface area contributed by atoms with Gasteiger partial charge in [0.05, 0.1) is 6.61 Å². The summed E-state index contributed by atoms with van der Waals surface area (Å²) in [5.41, 5.74) is 0.545. The molecule has 2 rings (SSSR count). The lowest BCUT2D eigenvalue weighted by Crippen LogP contribution is -2.63. The number of hydrogen-bond donors (Lipinski definition) is 1. The van der Waals surface area contributed by atoms with E-state index in [1.807, 2.05) is 0 Å². The van der Waals surface area contributed by atoms with Crippen molar-refractivity contribution in [3.63, 3.8) is 0 Å². The lowest BCUT2D eigenvalue weighted by atomic mass is 9.93. The molecule has 1 N–H and O–H groups in total. The Morgan fingerprint density at radius 2 is 2.07 bits per heavy atom. The molecular formula is C11H22N2O. The average Bonchev–Trinajstić information content (AvgIpc) is 2.52. The number of ether oxygens (including phenoxy) is 1. The first-order valence-electron chi connectivity index (χ1n) is 5.60. The molecule has 2 heterocycles. The van der Waals surface area contributed by atoms with E-state index in [0.29, 0.717) is 5.54 Å². The summed E-state index contributed by atoms with van der Waals surface area (Å²) in [5, 5.41) is 3.55. The zero-order chi connectivity index (χ0) is 10.2. The van der Waals surface area contributed by atoms with Gasteiger partial charge in [-0.2, -0.15) is 0 Å². The highest BCUT2D eigenvalue weighted by atomic mass is 16.5. The molecule has 0 saturated carbocycles. The largest absolute Gasteiger partial charge is 0.379 e. The third-order valence-electron chi connectivity index (χ3n) is 3.53. The van der Waals surface area contributed by atoms with Crippen LogP contribution in [0.25, 0.3) is 0 Å². The van der Waals surface area contributed by atoms with Crippen LogP contribution in [0, 0.1) is 0 Å². The van der Waals surface area contributed by atoms with Crippen molar-refractivity contribution in [2.75, 3.05) is 32.8 Å². The molecule has 14 heavy (non-hydrogen) atoms. The van der Waals surface area contributed by atoms with Crippen molar-refractivity contribution in [1.29, 1.82) is 0 Å². The zero-order valence-corrected chi connectivity index (χ0v) is 9.60. The maximum atomic E-state index is 5.52. The van der Waals surface area contributed by atoms with E-state index in [9.17, 15) is 0 Å². The quantitative estimate of drug-likeness (QED) is 0.676. The van der Waals surface area contributed by atoms with E-state index in [1.165, 1.54) is 6.42 Å². The van der Waals surface area contributed by atoms with Crippen molar-refractivity contribution in [3.05, 3.63) is 0 Å². The Hall–Kier alpha value is -0.120. The SMILES string of the molecule is CC1(C)CN(C2(C)CCOC2)CCN1. The van der Waals surface area contributed by atoms with Gasteiger partial charge in [-0.15, -0.1) is 0 Å². The smallest absolute Gasteiger partial charge is 0.0648 e. The van der Waals surface area contributed by atoms with Crippen LogP contribution in [0.5, 0.6) is 0 Å². The predicted octanol–water partition coefficient (Wildman–Crippen LogP) is 0.849. The van der Waals surface area contributed by atoms with Gasteiger partial charge in [0, 0.05) is 37.3 Å². The van der Waals surface area contributed by atoms with E-state index < -0.39 is 0 Å². The Balaban J connectivity index is 2.03. The van der Waals surface area contributed by atoms with Crippen LogP contribution in [0.1, 0.15) is 27.2 Å². The van der Waals surface area contributed by atoms with Crippen LogP contribution in [-0.4, -0.2) is 48.8 Å². The fourth-order valence-electron chi connectivity index (χ4n) is 2.51. The third kappa shape index (κ3) is 1.95. The van der Waals surface area contributed by atoms with Gasteiger partial charge in [0.15, 0.2) is 0 Å². The van der Waals surface area contributed by atoms with Gasteiger partial charge in [-0.3, -0.25) is 4.90 Å². The highest BCUT2D eigenvalue weighted by molar-refractivity contribution is 4.97. The van der Waals surface area contributed by atoms with Crippen LogP contribution < -0.4 is 5.32 Å². The van der Waals surface area contributed by atoms with Crippen molar-refractivity contribution < 1.29 is 4.74 Å². The molecule has 2 fully saturated rings. The van der Waals surface area contributed by atoms with Gasteiger partial charge in [-0.1, -0.05) is 0 Å². The van der Waals surface area contributed by atoms with Gasteiger partial charge in [-0.25, -0.2) is 0 Å². The Morgan fingerprint density at radius 1 is 1.29 bits per heavy atom. The van der Waals surface area contributed by atoms with E-state index >= 15 is 0 Å². The Morgan fingerprint density at radius 3 is 2.64 bits per heavy atom. The van der Waals surface area contributed by atoms with Crippen molar-refractivity contribution in [1.82, 2.24) is 10.2 Å². The van der Waals surface area contributed by atoms with Crippen molar-refractivity contribution in [3.8, 4) is 0 Å². The predicted molar refractivity (Wildman–Crippen MR) is 57.5 cm³/mol. The van der Waals surface area contributed by atoms with Crippen LogP contribution in [0.2, 0.25) is 0 Å². The molecule has 0 aromatic carbocycles. The van der Waals surface area contributed by atoms with Gasteiger partial charge in [0.1, 0.15) is 0 Å². The highest BCUT2D eigenvalue weighted by Crippen LogP contribution is 2.28. The number of rotatable bonds is 1. The Labute approximate surface area is 86.8 Å². The monoisotopic (exact) mass is 198 g/mol. The minimum Gasteiger partial charge on any atom is -0.379 e. The van der Waals surface area contributed by atoms with Gasteiger partial charge < -0.3 is 10.1 Å². The molecule has 0 bridgehead atoms. The summed E-state index contributed by atoms with van der Waals surface area (Å²) >= 11 is 0. The normalized spacial score (nSPS) is 38.8. The molecular weight excluding hydrogens is 176 g/mol. The molecule has 0 spiro atoms. The first kappa shape index (κ1) is 10.4. The molecule has 82 valence electrons. The summed E-state index contributed by atoms with van der Waals surface area (Å²) in [5.74, 6) is 0. The second-order valence-corrected chi connectivity index (χ2v) is 5.53. The standard InChI is InChI=1S/C11H22N2O/c1-10(2)8-13(6-5-12-10)11(3)4-7-14-9-11/h12H,4-9H2,1-3H3. The van der Waals surface area contributed by atoms with Crippen LogP contribution in [-0.2, 0) is 4.74 Å². The second-order valence-electron chi connectivity index (χ2n) is 5.53. The molecule has 3 heteroatoms. The maximum absolute atomic E-state index is 5.52. The molecule has 1 atom stereocenters. The number of hydrogen-bond acceptors (Lipinski definition) is 3. The summed E-state index contributed by atoms with van der Waals surface area (Å²) in [6.45, 7) is 12.1. The third-order valence-corrected chi connectivity index (χ3v) is 3.53. The van der Waals surface area contributed by atoms with Crippen molar-refractivity contribution >= 4 is 0 Å². The molecule has 0 amide bonds. The molecule has 2 aliphatic rings. The van der Waals surface area contributed by atoms with Crippen LogP contribution in [0.3, 0.4) is 0 Å². The van der Waals surface area contributed by atoms with Crippen molar-refractivity contribution in [2.45, 2.75) is 38.3 Å². The summed E-state index contributed by atoms with van der Waals surface area (Å²) in [4.78, 5) is 2.59. The van der Waals surface area contributed by atoms with E-state index in [-0.39, 0.29) is 5.54 Å². The minimum absolute atomic E-state index is 0.254. The van der Waals surface area contributed by atoms with E-state index in [2.05, 4.69) is 31.0 Å². The fourth-order valence-corrected chi connectivity index (χ4v) is 2.51. The van der Waals surface area contributed by atoms with Gasteiger partial charge >= 0.3 is 0 Å². The molecule has 0 radical (unpaired) electrons. The fraction of sp³-hybridized carbons (Fsp3) is 1.00. The molecule has 0 aromatic heterocycles. The summed E-state index contributed by atoms with van der Waals surface area (Å²) in [7, 11) is 0. The Kier molecular flexibility index (Phi) is 2.58. The van der Waals surface area contributed by atoms with E-state index in [1.54, 1.807) is 0 Å². The first-order valence-corrected chi connectivity index (χ1v) is 5.60. The molecule has 3 nitrogen and oxygen atoms in total. The molecule has 0 aliphatic carbocycles. The van der Waals surface area contributed by atoms with Gasteiger partial charge in [0.25, 0.3) is 0 Å². The van der Waals surface area contributed by atoms with E-state index in [4.69, 9.17) is 4.74 Å². The van der Waals surface area contributed by atoms with Crippen LogP contribution in [0.4, 0.5) is 0 Å². The van der Waals surface area contributed by atoms with Gasteiger partial charge in [0.2, 0.25) is 0 Å². The molecule has 2 aliphatic heterocycles. The zero-order valence-electron chi connectivity index (χ0n) is 9.60. The second kappa shape index (κ2) is 3.47. The minimum atomic E-state index is 0.254. The Bertz CT molecular complexity index is 209. The highest BCUT2D eigenvalue weighted by Gasteiger charge is 2.40. The summed E-state index contributed by atoms with van der Waals surface area (Å²) in [6.07, 6.45) is 1.18. The number of piperazine rings is 1. The van der Waals surface area contributed by atoms with Gasteiger partial charge in [-0.05, 0) is 27.2 Å². The first-order chi connectivity index (χ1) is 6.52. The van der Waals surface area contributed by atoms with Crippen LogP contribution in [0.15, 0.2) is 0 Å². The van der Waals surface area contributed by atoms with Crippen molar-refractivity contribution in [2.24, 2.45) is 0 Å². The van der Waals surface area contributed by atoms with E-state index in [0.717, 1.165) is 32.8 Å². The maximum Gasteiger partial charge on any atom is 0.0648 e. The lowest BCUT2D eigenvalue weighted by molar-refractivity contribution is 0.0362. The molecule has 0 aromatic rings. The average molecular weight is 198 g/mol. The summed E-state index contributed by atoms with van der Waals surface area (Å²) < 4.78 is 5.52. The molecule has 1 unspecified atom stereocenters. The topological polar surface area (TPSA) is 24.5 Å². The number of nitrogens with one attached hydrogen (secondary N) is 1. The lowest BCUT2D eigenvalue weighted by Gasteiger charge is -2.46. The summed E-state index contributed by atoms with van der Waals surface area (Å²) in [6, 6.07) is 0.